The van der Waals surface area contributed by atoms with Crippen molar-refractivity contribution >= 4 is 29.3 Å². The molecule has 13 heavy (non-hydrogen) atoms. The molecule has 0 bridgehead atoms. The van der Waals surface area contributed by atoms with Gasteiger partial charge in [0.05, 0.1) is 10.6 Å². The van der Waals surface area contributed by atoms with Crippen LogP contribution in [0, 0.1) is 0 Å². The van der Waals surface area contributed by atoms with Crippen molar-refractivity contribution in [3.63, 3.8) is 0 Å². The van der Waals surface area contributed by atoms with Crippen LogP contribution in [0.5, 0.6) is 0 Å². The van der Waals surface area contributed by atoms with Crippen LogP contribution in [0.3, 0.4) is 0 Å². The minimum atomic E-state index is -0.374. The molecule has 0 saturated heterocycles. The number of amides is 1. The highest BCUT2D eigenvalue weighted by atomic mass is 35.5. The van der Waals surface area contributed by atoms with Crippen molar-refractivity contribution in [3.05, 3.63) is 28.8 Å². The van der Waals surface area contributed by atoms with Crippen LogP contribution in [0.2, 0.25) is 5.02 Å². The summed E-state index contributed by atoms with van der Waals surface area (Å²) >= 11 is 7.34. The summed E-state index contributed by atoms with van der Waals surface area (Å²) in [6.07, 6.45) is 1.92. The normalized spacial score (nSPS) is 9.77. The fraction of sp³-hybridized carbons (Fsp3) is 0.125. The van der Waals surface area contributed by atoms with Gasteiger partial charge in [-0.1, -0.05) is 11.6 Å². The number of nitrogens with one attached hydrogen (secondary N) is 1. The average Bonchev–Trinajstić information content (AvgIpc) is 2.17. The fourth-order valence-corrected chi connectivity index (χ4v) is 1.53. The minimum absolute atomic E-state index is 0.374. The molecule has 0 aliphatic heterocycles. The van der Waals surface area contributed by atoms with E-state index in [1.807, 2.05) is 17.7 Å². The number of carbonyl (C=O) groups excluding carboxylic acids is 1. The zero-order valence-corrected chi connectivity index (χ0v) is 8.58. The summed E-state index contributed by atoms with van der Waals surface area (Å²) in [4.78, 5) is 12.1. The SMILES string of the molecule is CSc1ccc(Cl)c(C(=O)NN)c1. The van der Waals surface area contributed by atoms with Crippen LogP contribution in [0.1, 0.15) is 10.4 Å². The molecule has 0 spiro atoms. The molecule has 0 aliphatic rings. The molecule has 3 N–H and O–H groups in total. The molecule has 0 heterocycles. The molecule has 70 valence electrons. The molecule has 5 heteroatoms. The summed E-state index contributed by atoms with van der Waals surface area (Å²) in [5, 5.41) is 0.403. The highest BCUT2D eigenvalue weighted by Gasteiger charge is 2.08. The van der Waals surface area contributed by atoms with Crippen molar-refractivity contribution < 1.29 is 4.79 Å². The number of benzene rings is 1. The number of hydrogen-bond donors (Lipinski definition) is 2. The zero-order valence-electron chi connectivity index (χ0n) is 7.00. The second-order valence-corrected chi connectivity index (χ2v) is 3.61. The van der Waals surface area contributed by atoms with E-state index in [4.69, 9.17) is 17.4 Å². The third-order valence-electron chi connectivity index (χ3n) is 1.55. The fourth-order valence-electron chi connectivity index (χ4n) is 0.883. The minimum Gasteiger partial charge on any atom is -0.290 e. The van der Waals surface area contributed by atoms with Gasteiger partial charge in [0, 0.05) is 4.90 Å². The number of hydrogen-bond acceptors (Lipinski definition) is 3. The smallest absolute Gasteiger partial charge is 0.266 e. The molecule has 0 saturated carbocycles. The van der Waals surface area contributed by atoms with E-state index in [2.05, 4.69) is 0 Å². The number of carbonyl (C=O) groups is 1. The lowest BCUT2D eigenvalue weighted by Crippen LogP contribution is -2.30. The molecule has 0 aromatic heterocycles. The molecular formula is C8H9ClN2OS. The molecule has 1 aromatic carbocycles. The lowest BCUT2D eigenvalue weighted by atomic mass is 10.2. The van der Waals surface area contributed by atoms with E-state index >= 15 is 0 Å². The van der Waals surface area contributed by atoms with Gasteiger partial charge in [0.15, 0.2) is 0 Å². The Balaban J connectivity index is 3.11. The van der Waals surface area contributed by atoms with Gasteiger partial charge in [-0.3, -0.25) is 10.2 Å². The first kappa shape index (κ1) is 10.4. The van der Waals surface area contributed by atoms with Crippen LogP contribution in [-0.4, -0.2) is 12.2 Å². The predicted octanol–water partition coefficient (Wildman–Crippen LogP) is 1.67. The first-order chi connectivity index (χ1) is 6.19. The maximum absolute atomic E-state index is 11.2. The Morgan fingerprint density at radius 1 is 1.62 bits per heavy atom. The van der Waals surface area contributed by atoms with E-state index in [9.17, 15) is 4.79 Å². The van der Waals surface area contributed by atoms with Gasteiger partial charge in [0.2, 0.25) is 0 Å². The van der Waals surface area contributed by atoms with Crippen molar-refractivity contribution in [2.24, 2.45) is 5.84 Å². The summed E-state index contributed by atoms with van der Waals surface area (Å²) in [5.74, 6) is 4.63. The van der Waals surface area contributed by atoms with E-state index in [1.165, 1.54) is 0 Å². The van der Waals surface area contributed by atoms with Gasteiger partial charge in [-0.25, -0.2) is 5.84 Å². The van der Waals surface area contributed by atoms with Crippen molar-refractivity contribution in [2.45, 2.75) is 4.90 Å². The average molecular weight is 217 g/mol. The van der Waals surface area contributed by atoms with Gasteiger partial charge in [-0.2, -0.15) is 0 Å². The van der Waals surface area contributed by atoms with Gasteiger partial charge >= 0.3 is 0 Å². The van der Waals surface area contributed by atoms with E-state index < -0.39 is 0 Å². The number of rotatable bonds is 2. The lowest BCUT2D eigenvalue weighted by Gasteiger charge is -2.03. The van der Waals surface area contributed by atoms with Crippen molar-refractivity contribution in [3.8, 4) is 0 Å². The van der Waals surface area contributed by atoms with Crippen molar-refractivity contribution in [1.29, 1.82) is 0 Å². The first-order valence-electron chi connectivity index (χ1n) is 3.53. The molecule has 0 unspecified atom stereocenters. The van der Waals surface area contributed by atoms with E-state index in [0.717, 1.165) is 4.90 Å². The standard InChI is InChI=1S/C8H9ClN2OS/c1-13-5-2-3-7(9)6(4-5)8(12)11-10/h2-4H,10H2,1H3,(H,11,12). The largest absolute Gasteiger partial charge is 0.290 e. The van der Waals surface area contributed by atoms with E-state index in [-0.39, 0.29) is 5.91 Å². The first-order valence-corrected chi connectivity index (χ1v) is 5.13. The van der Waals surface area contributed by atoms with Gasteiger partial charge in [-0.05, 0) is 24.5 Å². The second-order valence-electron chi connectivity index (χ2n) is 2.32. The summed E-state index contributed by atoms with van der Waals surface area (Å²) in [6, 6.07) is 5.23. The maximum Gasteiger partial charge on any atom is 0.266 e. The highest BCUT2D eigenvalue weighted by molar-refractivity contribution is 7.98. The van der Waals surface area contributed by atoms with Crippen LogP contribution >= 0.6 is 23.4 Å². The maximum atomic E-state index is 11.2. The van der Waals surface area contributed by atoms with Gasteiger partial charge < -0.3 is 0 Å². The van der Waals surface area contributed by atoms with Crippen molar-refractivity contribution in [2.75, 3.05) is 6.26 Å². The second kappa shape index (κ2) is 4.50. The molecule has 0 aliphatic carbocycles. The van der Waals surface area contributed by atoms with Gasteiger partial charge in [0.25, 0.3) is 5.91 Å². The summed E-state index contributed by atoms with van der Waals surface area (Å²) in [5.41, 5.74) is 2.44. The third kappa shape index (κ3) is 2.37. The van der Waals surface area contributed by atoms with Crippen LogP contribution in [0.15, 0.2) is 23.1 Å². The van der Waals surface area contributed by atoms with Crippen LogP contribution < -0.4 is 11.3 Å². The Hall–Kier alpha value is -0.710. The number of halogens is 1. The Labute approximate surface area is 85.6 Å². The quantitative estimate of drug-likeness (QED) is 0.342. The highest BCUT2D eigenvalue weighted by Crippen LogP contribution is 2.22. The predicted molar refractivity (Wildman–Crippen MR) is 54.9 cm³/mol. The molecular weight excluding hydrogens is 208 g/mol. The Kier molecular flexibility index (Phi) is 3.59. The molecule has 1 amide bonds. The summed E-state index contributed by atoms with van der Waals surface area (Å²) < 4.78 is 0. The van der Waals surface area contributed by atoms with Gasteiger partial charge in [-0.15, -0.1) is 11.8 Å². The number of thioether (sulfide) groups is 1. The Morgan fingerprint density at radius 2 is 2.31 bits per heavy atom. The summed E-state index contributed by atoms with van der Waals surface area (Å²) in [7, 11) is 0. The molecule has 0 fully saturated rings. The van der Waals surface area contributed by atoms with Gasteiger partial charge in [0.1, 0.15) is 0 Å². The topological polar surface area (TPSA) is 55.1 Å². The Bertz CT molecular complexity index is 330. The van der Waals surface area contributed by atoms with E-state index in [0.29, 0.717) is 10.6 Å². The number of nitrogens with two attached hydrogens (primary N) is 1. The van der Waals surface area contributed by atoms with Crippen LogP contribution in [-0.2, 0) is 0 Å². The lowest BCUT2D eigenvalue weighted by molar-refractivity contribution is 0.0953. The van der Waals surface area contributed by atoms with E-state index in [1.54, 1.807) is 23.9 Å². The van der Waals surface area contributed by atoms with Crippen molar-refractivity contribution in [1.82, 2.24) is 5.43 Å². The Morgan fingerprint density at radius 3 is 2.85 bits per heavy atom. The number of hydrazine groups is 1. The molecule has 3 nitrogen and oxygen atoms in total. The molecule has 1 aromatic rings. The van der Waals surface area contributed by atoms with Crippen LogP contribution in [0.4, 0.5) is 0 Å². The molecule has 1 rings (SSSR count). The molecule has 0 atom stereocenters. The zero-order chi connectivity index (χ0) is 9.84. The monoisotopic (exact) mass is 216 g/mol. The molecule has 0 radical (unpaired) electrons. The third-order valence-corrected chi connectivity index (χ3v) is 2.60. The number of nitrogen functional groups attached to an aromatic ring is 1. The summed E-state index contributed by atoms with van der Waals surface area (Å²) in [6.45, 7) is 0. The van der Waals surface area contributed by atoms with Crippen LogP contribution in [0.25, 0.3) is 0 Å².